The zero-order valence-electron chi connectivity index (χ0n) is 13.6. The van der Waals surface area contributed by atoms with Gasteiger partial charge in [-0.3, -0.25) is 4.79 Å². The molecule has 1 amide bonds. The lowest BCUT2D eigenvalue weighted by atomic mass is 9.95. The van der Waals surface area contributed by atoms with Crippen LogP contribution in [0.15, 0.2) is 48.5 Å². The van der Waals surface area contributed by atoms with Crippen molar-refractivity contribution in [3.63, 3.8) is 0 Å². The number of carbonyl (C=O) groups is 1. The van der Waals surface area contributed by atoms with Gasteiger partial charge in [-0.2, -0.15) is 13.2 Å². The summed E-state index contributed by atoms with van der Waals surface area (Å²) in [5.74, 6) is -0.770. The van der Waals surface area contributed by atoms with Crippen LogP contribution in [0.2, 0.25) is 0 Å². The number of anilines is 1. The molecule has 1 atom stereocenters. The smallest absolute Gasteiger partial charge is 0.326 e. The van der Waals surface area contributed by atoms with E-state index >= 15 is 0 Å². The lowest BCUT2D eigenvalue weighted by molar-refractivity contribution is -0.137. The second kappa shape index (κ2) is 8.87. The van der Waals surface area contributed by atoms with Crippen LogP contribution in [0.1, 0.15) is 36.0 Å². The highest BCUT2D eigenvalue weighted by molar-refractivity contribution is 5.96. The maximum absolute atomic E-state index is 13.0. The second-order valence-electron chi connectivity index (χ2n) is 5.48. The highest BCUT2D eigenvalue weighted by atomic mass is 35.5. The molecule has 2 aromatic carbocycles. The summed E-state index contributed by atoms with van der Waals surface area (Å²) < 4.78 is 38.9. The molecule has 2 aromatic rings. The Morgan fingerprint density at radius 3 is 2.32 bits per heavy atom. The standard InChI is InChI=1S/C18H19F3N2O.ClH/c1-2-16(13-6-4-3-5-7-13)17(24)23-15-9-12(11-22)8-14(10-15)18(19,20)21;/h3-10,16H,2,11,22H2,1H3,(H,23,24);1H. The van der Waals surface area contributed by atoms with Crippen LogP contribution in [0.4, 0.5) is 18.9 Å². The molecule has 3 N–H and O–H groups in total. The van der Waals surface area contributed by atoms with E-state index in [1.165, 1.54) is 6.07 Å². The Bertz CT molecular complexity index is 705. The van der Waals surface area contributed by atoms with Gasteiger partial charge in [0.1, 0.15) is 0 Å². The van der Waals surface area contributed by atoms with Crippen LogP contribution in [0, 0.1) is 0 Å². The fourth-order valence-corrected chi connectivity index (χ4v) is 2.53. The zero-order valence-corrected chi connectivity index (χ0v) is 14.5. The molecule has 3 nitrogen and oxygen atoms in total. The molecule has 2 rings (SSSR count). The fraction of sp³-hybridized carbons (Fsp3) is 0.278. The Kier molecular flexibility index (Phi) is 7.45. The zero-order chi connectivity index (χ0) is 17.7. The van der Waals surface area contributed by atoms with Crippen molar-refractivity contribution in [2.24, 2.45) is 5.73 Å². The van der Waals surface area contributed by atoms with Crippen LogP contribution in [0.25, 0.3) is 0 Å². The summed E-state index contributed by atoms with van der Waals surface area (Å²) in [7, 11) is 0. The van der Waals surface area contributed by atoms with Crippen molar-refractivity contribution in [3.8, 4) is 0 Å². The van der Waals surface area contributed by atoms with Gasteiger partial charge in [0.2, 0.25) is 5.91 Å². The van der Waals surface area contributed by atoms with Gasteiger partial charge < -0.3 is 11.1 Å². The molecular formula is C18H20ClF3N2O. The molecule has 25 heavy (non-hydrogen) atoms. The molecule has 0 spiro atoms. The van der Waals surface area contributed by atoms with Crippen molar-refractivity contribution in [2.75, 3.05) is 5.32 Å². The van der Waals surface area contributed by atoms with Crippen molar-refractivity contribution < 1.29 is 18.0 Å². The first kappa shape index (κ1) is 21.0. The SMILES string of the molecule is CCC(C(=O)Nc1cc(CN)cc(C(F)(F)F)c1)c1ccccc1.Cl. The first-order valence-electron chi connectivity index (χ1n) is 7.62. The van der Waals surface area contributed by atoms with Crippen molar-refractivity contribution >= 4 is 24.0 Å². The highest BCUT2D eigenvalue weighted by Crippen LogP contribution is 2.32. The average Bonchev–Trinajstić information content (AvgIpc) is 2.55. The molecule has 7 heteroatoms. The first-order chi connectivity index (χ1) is 11.3. The van der Waals surface area contributed by atoms with Gasteiger partial charge in [0.25, 0.3) is 0 Å². The van der Waals surface area contributed by atoms with Gasteiger partial charge in [0.15, 0.2) is 0 Å². The summed E-state index contributed by atoms with van der Waals surface area (Å²) in [5.41, 5.74) is 5.87. The van der Waals surface area contributed by atoms with Crippen molar-refractivity contribution in [2.45, 2.75) is 32.0 Å². The van der Waals surface area contributed by atoms with E-state index in [-0.39, 0.29) is 30.5 Å². The van der Waals surface area contributed by atoms with Crippen LogP contribution in [-0.4, -0.2) is 5.91 Å². The predicted molar refractivity (Wildman–Crippen MR) is 94.7 cm³/mol. The number of carbonyl (C=O) groups excluding carboxylic acids is 1. The first-order valence-corrected chi connectivity index (χ1v) is 7.62. The summed E-state index contributed by atoms with van der Waals surface area (Å²) in [5, 5.41) is 2.58. The Hall–Kier alpha value is -2.05. The molecule has 0 bridgehead atoms. The predicted octanol–water partition coefficient (Wildman–Crippen LogP) is 4.72. The van der Waals surface area contributed by atoms with Crippen molar-refractivity contribution in [3.05, 3.63) is 65.2 Å². The molecule has 136 valence electrons. The minimum atomic E-state index is -4.49. The van der Waals surface area contributed by atoms with Crippen LogP contribution in [-0.2, 0) is 17.5 Å². The van der Waals surface area contributed by atoms with Crippen molar-refractivity contribution in [1.82, 2.24) is 0 Å². The van der Waals surface area contributed by atoms with E-state index in [0.717, 1.165) is 17.7 Å². The van der Waals surface area contributed by atoms with E-state index < -0.39 is 17.7 Å². The molecule has 0 aliphatic carbocycles. The van der Waals surface area contributed by atoms with Crippen LogP contribution in [0.3, 0.4) is 0 Å². The molecule has 0 aliphatic heterocycles. The second-order valence-corrected chi connectivity index (χ2v) is 5.48. The third-order valence-corrected chi connectivity index (χ3v) is 3.75. The van der Waals surface area contributed by atoms with E-state index in [2.05, 4.69) is 5.32 Å². The summed E-state index contributed by atoms with van der Waals surface area (Å²) in [6.45, 7) is 1.82. The summed E-state index contributed by atoms with van der Waals surface area (Å²) >= 11 is 0. The molecule has 0 aliphatic rings. The lowest BCUT2D eigenvalue weighted by Gasteiger charge is -2.17. The van der Waals surface area contributed by atoms with Crippen LogP contribution < -0.4 is 11.1 Å². The molecular weight excluding hydrogens is 353 g/mol. The van der Waals surface area contributed by atoms with E-state index in [9.17, 15) is 18.0 Å². The molecule has 0 saturated carbocycles. The number of amides is 1. The van der Waals surface area contributed by atoms with Gasteiger partial charge in [-0.1, -0.05) is 37.3 Å². The Morgan fingerprint density at radius 2 is 1.80 bits per heavy atom. The quantitative estimate of drug-likeness (QED) is 0.798. The fourth-order valence-electron chi connectivity index (χ4n) is 2.53. The van der Waals surface area contributed by atoms with Gasteiger partial charge >= 0.3 is 6.18 Å². The summed E-state index contributed by atoms with van der Waals surface area (Å²) in [6, 6.07) is 12.5. The lowest BCUT2D eigenvalue weighted by Crippen LogP contribution is -2.21. The maximum atomic E-state index is 13.0. The van der Waals surface area contributed by atoms with E-state index in [1.807, 2.05) is 37.3 Å². The number of alkyl halides is 3. The largest absolute Gasteiger partial charge is 0.416 e. The average molecular weight is 373 g/mol. The van der Waals surface area contributed by atoms with Crippen LogP contribution >= 0.6 is 12.4 Å². The Labute approximate surface area is 150 Å². The minimum absolute atomic E-state index is 0. The summed E-state index contributed by atoms with van der Waals surface area (Å²) in [4.78, 5) is 12.5. The van der Waals surface area contributed by atoms with Gasteiger partial charge in [0.05, 0.1) is 11.5 Å². The number of halogens is 4. The molecule has 0 saturated heterocycles. The molecule has 0 fully saturated rings. The van der Waals surface area contributed by atoms with Crippen molar-refractivity contribution in [1.29, 1.82) is 0 Å². The molecule has 0 heterocycles. The van der Waals surface area contributed by atoms with Gasteiger partial charge in [-0.25, -0.2) is 0 Å². The Balaban J connectivity index is 0.00000312. The van der Waals surface area contributed by atoms with Gasteiger partial charge in [-0.05, 0) is 35.7 Å². The van der Waals surface area contributed by atoms with E-state index in [4.69, 9.17) is 5.73 Å². The number of hydrogen-bond donors (Lipinski definition) is 2. The number of hydrogen-bond acceptors (Lipinski definition) is 2. The van der Waals surface area contributed by atoms with Crippen LogP contribution in [0.5, 0.6) is 0 Å². The van der Waals surface area contributed by atoms with Gasteiger partial charge in [-0.15, -0.1) is 12.4 Å². The van der Waals surface area contributed by atoms with E-state index in [1.54, 1.807) is 0 Å². The minimum Gasteiger partial charge on any atom is -0.326 e. The number of rotatable bonds is 5. The molecule has 1 unspecified atom stereocenters. The monoisotopic (exact) mass is 372 g/mol. The third-order valence-electron chi connectivity index (χ3n) is 3.75. The Morgan fingerprint density at radius 1 is 1.16 bits per heavy atom. The summed E-state index contributed by atoms with van der Waals surface area (Å²) in [6.07, 6.45) is -3.95. The molecule has 0 aromatic heterocycles. The maximum Gasteiger partial charge on any atom is 0.416 e. The normalized spacial score (nSPS) is 12.2. The van der Waals surface area contributed by atoms with Gasteiger partial charge in [0, 0.05) is 12.2 Å². The highest BCUT2D eigenvalue weighted by Gasteiger charge is 2.31. The number of benzene rings is 2. The molecule has 0 radical (unpaired) electrons. The number of nitrogens with one attached hydrogen (secondary N) is 1. The van der Waals surface area contributed by atoms with E-state index in [0.29, 0.717) is 12.0 Å². The number of nitrogens with two attached hydrogens (primary N) is 1. The third kappa shape index (κ3) is 5.47. The topological polar surface area (TPSA) is 55.1 Å².